The van der Waals surface area contributed by atoms with Gasteiger partial charge in [0.05, 0.1) is 3.79 Å². The molecule has 0 N–H and O–H groups in total. The molecular formula is C5H2BrNOS. The molecule has 0 aliphatic carbocycles. The highest BCUT2D eigenvalue weighted by Crippen LogP contribution is 2.28. The SMILES string of the molecule is O=C=Nc1ccc(Br)s1. The van der Waals surface area contributed by atoms with Crippen LogP contribution in [0.25, 0.3) is 0 Å². The highest BCUT2D eigenvalue weighted by molar-refractivity contribution is 9.11. The van der Waals surface area contributed by atoms with Crippen LogP contribution in [0, 0.1) is 0 Å². The van der Waals surface area contributed by atoms with Crippen LogP contribution in [0.1, 0.15) is 0 Å². The molecule has 0 aliphatic rings. The molecular weight excluding hydrogens is 202 g/mol. The first kappa shape index (κ1) is 6.68. The first-order valence-corrected chi connectivity index (χ1v) is 3.77. The Morgan fingerprint density at radius 1 is 1.67 bits per heavy atom. The Labute approximate surface area is 64.4 Å². The monoisotopic (exact) mass is 203 g/mol. The van der Waals surface area contributed by atoms with Gasteiger partial charge in [0.25, 0.3) is 0 Å². The minimum absolute atomic E-state index is 0.678. The number of thiophene rings is 1. The van der Waals surface area contributed by atoms with Crippen molar-refractivity contribution in [1.29, 1.82) is 0 Å². The maximum absolute atomic E-state index is 9.68. The molecule has 0 atom stereocenters. The highest BCUT2D eigenvalue weighted by atomic mass is 79.9. The summed E-state index contributed by atoms with van der Waals surface area (Å²) in [7, 11) is 0. The zero-order chi connectivity index (χ0) is 6.69. The zero-order valence-electron chi connectivity index (χ0n) is 4.30. The van der Waals surface area contributed by atoms with Crippen LogP contribution in [0.15, 0.2) is 20.9 Å². The smallest absolute Gasteiger partial charge is 0.211 e. The minimum atomic E-state index is 0.678. The Balaban J connectivity index is 2.97. The van der Waals surface area contributed by atoms with Crippen LogP contribution in [0.3, 0.4) is 0 Å². The second-order valence-electron chi connectivity index (χ2n) is 1.28. The quantitative estimate of drug-likeness (QED) is 0.510. The topological polar surface area (TPSA) is 29.4 Å². The molecule has 4 heteroatoms. The third-order valence-corrected chi connectivity index (χ3v) is 2.23. The molecule has 0 saturated carbocycles. The van der Waals surface area contributed by atoms with Crippen molar-refractivity contribution in [2.24, 2.45) is 4.99 Å². The van der Waals surface area contributed by atoms with Crippen molar-refractivity contribution in [3.63, 3.8) is 0 Å². The van der Waals surface area contributed by atoms with Gasteiger partial charge < -0.3 is 0 Å². The second kappa shape index (κ2) is 2.92. The van der Waals surface area contributed by atoms with Gasteiger partial charge in [-0.05, 0) is 28.1 Å². The predicted molar refractivity (Wildman–Crippen MR) is 39.8 cm³/mol. The average molecular weight is 204 g/mol. The number of rotatable bonds is 1. The molecule has 46 valence electrons. The minimum Gasteiger partial charge on any atom is -0.211 e. The molecule has 1 heterocycles. The van der Waals surface area contributed by atoms with Crippen LogP contribution in [-0.4, -0.2) is 6.08 Å². The van der Waals surface area contributed by atoms with Crippen LogP contribution in [0.5, 0.6) is 0 Å². The van der Waals surface area contributed by atoms with Gasteiger partial charge in [-0.25, -0.2) is 4.79 Å². The molecule has 0 aromatic carbocycles. The van der Waals surface area contributed by atoms with Crippen molar-refractivity contribution in [3.05, 3.63) is 15.9 Å². The molecule has 1 aromatic heterocycles. The fourth-order valence-electron chi connectivity index (χ4n) is 0.410. The molecule has 0 spiro atoms. The summed E-state index contributed by atoms with van der Waals surface area (Å²) >= 11 is 4.63. The number of nitrogens with zero attached hydrogens (tertiary/aromatic N) is 1. The van der Waals surface area contributed by atoms with Crippen molar-refractivity contribution < 1.29 is 4.79 Å². The molecule has 0 unspecified atom stereocenters. The molecule has 1 rings (SSSR count). The van der Waals surface area contributed by atoms with E-state index in [4.69, 9.17) is 0 Å². The third kappa shape index (κ3) is 1.75. The van der Waals surface area contributed by atoms with Crippen molar-refractivity contribution in [2.45, 2.75) is 0 Å². The predicted octanol–water partition coefficient (Wildman–Crippen LogP) is 2.48. The van der Waals surface area contributed by atoms with E-state index in [0.29, 0.717) is 5.00 Å². The normalized spacial score (nSPS) is 8.56. The fraction of sp³-hybridized carbons (Fsp3) is 0. The number of isocyanates is 1. The number of carbonyl (C=O) groups excluding carboxylic acids is 1. The summed E-state index contributed by atoms with van der Waals surface area (Å²) in [5.74, 6) is 0. The van der Waals surface area contributed by atoms with Gasteiger partial charge in [-0.2, -0.15) is 4.99 Å². The van der Waals surface area contributed by atoms with E-state index < -0.39 is 0 Å². The molecule has 1 aromatic rings. The van der Waals surface area contributed by atoms with E-state index in [1.54, 1.807) is 6.07 Å². The lowest BCUT2D eigenvalue weighted by Gasteiger charge is -1.71. The molecule has 2 nitrogen and oxygen atoms in total. The molecule has 0 radical (unpaired) electrons. The Kier molecular flexibility index (Phi) is 2.16. The summed E-state index contributed by atoms with van der Waals surface area (Å²) in [4.78, 5) is 13.1. The maximum Gasteiger partial charge on any atom is 0.241 e. The van der Waals surface area contributed by atoms with Crippen molar-refractivity contribution in [3.8, 4) is 0 Å². The van der Waals surface area contributed by atoms with E-state index in [1.165, 1.54) is 17.4 Å². The number of hydrogen-bond acceptors (Lipinski definition) is 3. The van der Waals surface area contributed by atoms with Crippen LogP contribution < -0.4 is 0 Å². The Morgan fingerprint density at radius 3 is 2.89 bits per heavy atom. The average Bonchev–Trinajstić information content (AvgIpc) is 2.17. The van der Waals surface area contributed by atoms with Crippen LogP contribution in [0.2, 0.25) is 0 Å². The first-order chi connectivity index (χ1) is 4.33. The standard InChI is InChI=1S/C5H2BrNOS/c6-4-1-2-5(9-4)7-3-8/h1-2H. The summed E-state index contributed by atoms with van der Waals surface area (Å²) in [6.07, 6.45) is 1.46. The summed E-state index contributed by atoms with van der Waals surface area (Å²) in [5, 5.41) is 0.678. The molecule has 9 heavy (non-hydrogen) atoms. The summed E-state index contributed by atoms with van der Waals surface area (Å²) in [5.41, 5.74) is 0. The molecule has 0 aliphatic heterocycles. The van der Waals surface area contributed by atoms with Gasteiger partial charge >= 0.3 is 0 Å². The van der Waals surface area contributed by atoms with Gasteiger partial charge in [0.15, 0.2) is 0 Å². The first-order valence-electron chi connectivity index (χ1n) is 2.16. The lowest BCUT2D eigenvalue weighted by Crippen LogP contribution is -1.44. The van der Waals surface area contributed by atoms with Crippen LogP contribution in [0.4, 0.5) is 5.00 Å². The molecule has 0 amide bonds. The van der Waals surface area contributed by atoms with Crippen LogP contribution in [-0.2, 0) is 4.79 Å². The number of aliphatic imine (C=N–C) groups is 1. The van der Waals surface area contributed by atoms with E-state index in [-0.39, 0.29) is 0 Å². The lowest BCUT2D eigenvalue weighted by molar-refractivity contribution is 0.565. The largest absolute Gasteiger partial charge is 0.241 e. The summed E-state index contributed by atoms with van der Waals surface area (Å²) in [6.45, 7) is 0. The highest BCUT2D eigenvalue weighted by Gasteiger charge is 1.91. The van der Waals surface area contributed by atoms with Crippen molar-refractivity contribution >= 4 is 38.3 Å². The van der Waals surface area contributed by atoms with Gasteiger partial charge in [0.1, 0.15) is 5.00 Å². The van der Waals surface area contributed by atoms with E-state index in [0.717, 1.165) is 3.79 Å². The van der Waals surface area contributed by atoms with E-state index in [2.05, 4.69) is 20.9 Å². The number of halogens is 1. The Morgan fingerprint density at radius 2 is 2.44 bits per heavy atom. The third-order valence-electron chi connectivity index (χ3n) is 0.715. The second-order valence-corrected chi connectivity index (χ2v) is 3.72. The number of hydrogen-bond donors (Lipinski definition) is 0. The molecule has 0 bridgehead atoms. The van der Waals surface area contributed by atoms with Gasteiger partial charge in [-0.15, -0.1) is 11.3 Å². The van der Waals surface area contributed by atoms with Crippen LogP contribution >= 0.6 is 27.3 Å². The van der Waals surface area contributed by atoms with Crippen molar-refractivity contribution in [2.75, 3.05) is 0 Å². The van der Waals surface area contributed by atoms with Crippen molar-refractivity contribution in [1.82, 2.24) is 0 Å². The van der Waals surface area contributed by atoms with Gasteiger partial charge in [-0.3, -0.25) is 0 Å². The molecule has 0 fully saturated rings. The van der Waals surface area contributed by atoms with E-state index >= 15 is 0 Å². The summed E-state index contributed by atoms with van der Waals surface area (Å²) < 4.78 is 0.969. The lowest BCUT2D eigenvalue weighted by atomic mass is 10.6. The summed E-state index contributed by atoms with van der Waals surface area (Å²) in [6, 6.07) is 3.58. The Hall–Kier alpha value is -0.440. The fourth-order valence-corrected chi connectivity index (χ4v) is 1.59. The van der Waals surface area contributed by atoms with Gasteiger partial charge in [0, 0.05) is 0 Å². The zero-order valence-corrected chi connectivity index (χ0v) is 6.70. The van der Waals surface area contributed by atoms with Gasteiger partial charge in [0.2, 0.25) is 6.08 Å². The Bertz CT molecular complexity index is 251. The van der Waals surface area contributed by atoms with E-state index in [1.807, 2.05) is 6.07 Å². The van der Waals surface area contributed by atoms with Gasteiger partial charge in [-0.1, -0.05) is 0 Å². The maximum atomic E-state index is 9.68. The molecule has 0 saturated heterocycles. The van der Waals surface area contributed by atoms with E-state index in [9.17, 15) is 4.79 Å².